The van der Waals surface area contributed by atoms with E-state index in [2.05, 4.69) is 16.0 Å². The van der Waals surface area contributed by atoms with Crippen LogP contribution in [0, 0.1) is 17.7 Å². The molecule has 1 fully saturated rings. The summed E-state index contributed by atoms with van der Waals surface area (Å²) < 4.78 is 18.8. The standard InChI is InChI=1S/C31H40FN3O5/c1-21(2)16-27(29(37)33-26(19-36)17-22-8-6-7-9-22)34-30(38)28(18-23-12-14-25(32)15-13-23)35-31(39)40-20-24-10-4-3-5-11-24/h3-5,10-15,19,21-22,26-28H,6-9,16-18,20H2,1-2H3,(H,33,37)(H,34,38)(H,35,39)/t26?,27-,28-/m0/s1. The molecule has 3 atom stereocenters. The van der Waals surface area contributed by atoms with Crippen molar-refractivity contribution < 1.29 is 28.3 Å². The van der Waals surface area contributed by atoms with Crippen molar-refractivity contribution in [3.63, 3.8) is 0 Å². The van der Waals surface area contributed by atoms with E-state index in [9.17, 15) is 23.6 Å². The number of halogens is 1. The lowest BCUT2D eigenvalue weighted by atomic mass is 9.97. The summed E-state index contributed by atoms with van der Waals surface area (Å²) in [4.78, 5) is 51.0. The van der Waals surface area contributed by atoms with Crippen molar-refractivity contribution in [1.82, 2.24) is 16.0 Å². The van der Waals surface area contributed by atoms with E-state index in [4.69, 9.17) is 4.74 Å². The van der Waals surface area contributed by atoms with E-state index in [1.54, 1.807) is 0 Å². The van der Waals surface area contributed by atoms with Crippen molar-refractivity contribution in [2.75, 3.05) is 0 Å². The molecule has 1 aliphatic carbocycles. The lowest BCUT2D eigenvalue weighted by Gasteiger charge is -2.26. The number of benzene rings is 2. The van der Waals surface area contributed by atoms with E-state index in [0.717, 1.165) is 37.5 Å². The molecular weight excluding hydrogens is 513 g/mol. The van der Waals surface area contributed by atoms with Crippen molar-refractivity contribution in [2.24, 2.45) is 11.8 Å². The Labute approximate surface area is 235 Å². The quantitative estimate of drug-likeness (QED) is 0.299. The Morgan fingerprint density at radius 1 is 0.900 bits per heavy atom. The first kappa shape index (κ1) is 30.8. The fraction of sp³-hybridized carbons (Fsp3) is 0.484. The normalized spacial score (nSPS) is 15.6. The maximum Gasteiger partial charge on any atom is 0.408 e. The van der Waals surface area contributed by atoms with Gasteiger partial charge in [-0.1, -0.05) is 82.0 Å². The summed E-state index contributed by atoms with van der Waals surface area (Å²) in [6.45, 7) is 3.87. The SMILES string of the molecule is CC(C)C[C@H](NC(=O)[C@H](Cc1ccc(F)cc1)NC(=O)OCc1ccccc1)C(=O)NC(C=O)CC1CCCC1. The average molecular weight is 554 g/mol. The Hall–Kier alpha value is -3.75. The summed E-state index contributed by atoms with van der Waals surface area (Å²) >= 11 is 0. The number of ether oxygens (including phenoxy) is 1. The molecule has 3 amide bonds. The molecule has 1 aliphatic rings. The number of nitrogens with one attached hydrogen (secondary N) is 3. The van der Waals surface area contributed by atoms with Crippen molar-refractivity contribution in [1.29, 1.82) is 0 Å². The topological polar surface area (TPSA) is 114 Å². The van der Waals surface area contributed by atoms with Crippen LogP contribution in [0.1, 0.15) is 63.5 Å². The monoisotopic (exact) mass is 553 g/mol. The van der Waals surface area contributed by atoms with Crippen LogP contribution in [0.4, 0.5) is 9.18 Å². The van der Waals surface area contributed by atoms with Gasteiger partial charge in [0, 0.05) is 6.42 Å². The van der Waals surface area contributed by atoms with Gasteiger partial charge in [-0.05, 0) is 47.9 Å². The van der Waals surface area contributed by atoms with E-state index in [0.29, 0.717) is 24.3 Å². The van der Waals surface area contributed by atoms with Crippen molar-refractivity contribution in [3.05, 3.63) is 71.5 Å². The first-order valence-electron chi connectivity index (χ1n) is 14.0. The van der Waals surface area contributed by atoms with Crippen molar-refractivity contribution in [2.45, 2.75) is 83.5 Å². The second-order valence-electron chi connectivity index (χ2n) is 10.9. The van der Waals surface area contributed by atoms with Crippen LogP contribution >= 0.6 is 0 Å². The Bertz CT molecular complexity index is 1100. The van der Waals surface area contributed by atoms with Crippen LogP contribution in [0.25, 0.3) is 0 Å². The van der Waals surface area contributed by atoms with Crippen LogP contribution < -0.4 is 16.0 Å². The maximum atomic E-state index is 13.5. The lowest BCUT2D eigenvalue weighted by molar-refractivity contribution is -0.131. The van der Waals surface area contributed by atoms with E-state index in [-0.39, 0.29) is 18.9 Å². The second-order valence-corrected chi connectivity index (χ2v) is 10.9. The van der Waals surface area contributed by atoms with Crippen molar-refractivity contribution >= 4 is 24.2 Å². The number of hydrogen-bond donors (Lipinski definition) is 3. The number of hydrogen-bond acceptors (Lipinski definition) is 5. The highest BCUT2D eigenvalue weighted by Crippen LogP contribution is 2.28. The zero-order valence-electron chi connectivity index (χ0n) is 23.2. The number of rotatable bonds is 14. The van der Waals surface area contributed by atoms with Gasteiger partial charge >= 0.3 is 6.09 Å². The van der Waals surface area contributed by atoms with E-state index >= 15 is 0 Å². The average Bonchev–Trinajstić information content (AvgIpc) is 3.45. The molecule has 9 heteroatoms. The molecule has 1 unspecified atom stereocenters. The van der Waals surface area contributed by atoms with Gasteiger partial charge in [-0.3, -0.25) is 9.59 Å². The van der Waals surface area contributed by atoms with Crippen LogP contribution in [0.2, 0.25) is 0 Å². The highest BCUT2D eigenvalue weighted by Gasteiger charge is 2.30. The molecule has 3 rings (SSSR count). The molecule has 0 aliphatic heterocycles. The molecule has 2 aromatic rings. The zero-order chi connectivity index (χ0) is 28.9. The largest absolute Gasteiger partial charge is 0.445 e. The zero-order valence-corrected chi connectivity index (χ0v) is 23.2. The van der Waals surface area contributed by atoms with Crippen LogP contribution in [0.3, 0.4) is 0 Å². The number of alkyl carbamates (subject to hydrolysis) is 1. The molecule has 8 nitrogen and oxygen atoms in total. The summed E-state index contributed by atoms with van der Waals surface area (Å²) in [5, 5.41) is 8.17. The summed E-state index contributed by atoms with van der Waals surface area (Å²) in [6, 6.07) is 12.1. The Kier molecular flexibility index (Phi) is 12.1. The Balaban J connectivity index is 1.69. The third-order valence-electron chi connectivity index (χ3n) is 7.07. The van der Waals surface area contributed by atoms with E-state index < -0.39 is 41.9 Å². The molecule has 2 aromatic carbocycles. The van der Waals surface area contributed by atoms with Gasteiger partial charge in [0.25, 0.3) is 0 Å². The van der Waals surface area contributed by atoms with Gasteiger partial charge in [-0.2, -0.15) is 0 Å². The summed E-state index contributed by atoms with van der Waals surface area (Å²) in [6.07, 6.45) is 5.29. The van der Waals surface area contributed by atoms with Gasteiger partial charge in [0.1, 0.15) is 30.8 Å². The van der Waals surface area contributed by atoms with Gasteiger partial charge in [-0.15, -0.1) is 0 Å². The van der Waals surface area contributed by atoms with Gasteiger partial charge in [0.2, 0.25) is 11.8 Å². The smallest absolute Gasteiger partial charge is 0.408 e. The predicted molar refractivity (Wildman–Crippen MR) is 150 cm³/mol. The minimum Gasteiger partial charge on any atom is -0.445 e. The third-order valence-corrected chi connectivity index (χ3v) is 7.07. The summed E-state index contributed by atoms with van der Waals surface area (Å²) in [5.74, 6) is -0.972. The fourth-order valence-corrected chi connectivity index (χ4v) is 4.98. The van der Waals surface area contributed by atoms with Crippen LogP contribution in [0.5, 0.6) is 0 Å². The third kappa shape index (κ3) is 10.4. The van der Waals surface area contributed by atoms with Crippen molar-refractivity contribution in [3.8, 4) is 0 Å². The summed E-state index contributed by atoms with van der Waals surface area (Å²) in [7, 11) is 0. The Morgan fingerprint density at radius 2 is 1.55 bits per heavy atom. The lowest BCUT2D eigenvalue weighted by Crippen LogP contribution is -2.56. The predicted octanol–water partition coefficient (Wildman–Crippen LogP) is 4.46. The van der Waals surface area contributed by atoms with Crippen LogP contribution in [-0.2, 0) is 32.1 Å². The fourth-order valence-electron chi connectivity index (χ4n) is 4.98. The molecule has 0 heterocycles. The van der Waals surface area contributed by atoms with E-state index in [1.807, 2.05) is 44.2 Å². The molecule has 0 bridgehead atoms. The molecule has 0 spiro atoms. The molecule has 40 heavy (non-hydrogen) atoms. The molecule has 0 aromatic heterocycles. The van der Waals surface area contributed by atoms with Crippen LogP contribution in [-0.4, -0.2) is 42.3 Å². The molecule has 216 valence electrons. The molecule has 1 saturated carbocycles. The number of amides is 3. The minimum atomic E-state index is -1.09. The highest BCUT2D eigenvalue weighted by atomic mass is 19.1. The molecule has 0 radical (unpaired) electrons. The molecule has 0 saturated heterocycles. The van der Waals surface area contributed by atoms with Gasteiger partial charge in [-0.25, -0.2) is 9.18 Å². The first-order valence-corrected chi connectivity index (χ1v) is 14.0. The Morgan fingerprint density at radius 3 is 2.17 bits per heavy atom. The van der Waals surface area contributed by atoms with Gasteiger partial charge in [0.15, 0.2) is 0 Å². The number of aldehydes is 1. The maximum absolute atomic E-state index is 13.5. The highest BCUT2D eigenvalue weighted by molar-refractivity contribution is 5.92. The number of carbonyl (C=O) groups is 4. The molecular formula is C31H40FN3O5. The van der Waals surface area contributed by atoms with Gasteiger partial charge < -0.3 is 25.5 Å². The first-order chi connectivity index (χ1) is 19.2. The minimum absolute atomic E-state index is 0.0179. The molecule has 3 N–H and O–H groups in total. The van der Waals surface area contributed by atoms with Crippen LogP contribution in [0.15, 0.2) is 54.6 Å². The van der Waals surface area contributed by atoms with E-state index in [1.165, 1.54) is 24.3 Å². The second kappa shape index (κ2) is 15.7. The van der Waals surface area contributed by atoms with Gasteiger partial charge in [0.05, 0.1) is 6.04 Å². The number of carbonyl (C=O) groups excluding carboxylic acids is 4. The summed E-state index contributed by atoms with van der Waals surface area (Å²) in [5.41, 5.74) is 1.40.